The number of nitrogens with two attached hydrogens (primary N) is 1. The predicted molar refractivity (Wildman–Crippen MR) is 68.1 cm³/mol. The van der Waals surface area contributed by atoms with Gasteiger partial charge in [0.05, 0.1) is 0 Å². The average molecular weight is 236 g/mol. The number of nitrogens with one attached hydrogen (secondary N) is 2. The third kappa shape index (κ3) is 3.30. The number of anilines is 1. The SMILES string of the molecule is CCc1nc(NC2CCC(N)CC2)cc(=O)[nH]1. The molecule has 0 aromatic carbocycles. The highest BCUT2D eigenvalue weighted by Gasteiger charge is 2.18. The molecule has 1 heterocycles. The second kappa shape index (κ2) is 5.31. The summed E-state index contributed by atoms with van der Waals surface area (Å²) in [6.07, 6.45) is 4.93. The van der Waals surface area contributed by atoms with Crippen LogP contribution in [0, 0.1) is 0 Å². The van der Waals surface area contributed by atoms with Crippen molar-refractivity contribution in [2.45, 2.75) is 51.1 Å². The Balaban J connectivity index is 2.03. The first-order valence-corrected chi connectivity index (χ1v) is 6.29. The first-order valence-electron chi connectivity index (χ1n) is 6.29. The Kier molecular flexibility index (Phi) is 3.78. The maximum absolute atomic E-state index is 11.4. The molecule has 1 aromatic heterocycles. The van der Waals surface area contributed by atoms with Crippen LogP contribution in [0.3, 0.4) is 0 Å². The van der Waals surface area contributed by atoms with Crippen LogP contribution < -0.4 is 16.6 Å². The minimum Gasteiger partial charge on any atom is -0.367 e. The summed E-state index contributed by atoms with van der Waals surface area (Å²) in [5, 5.41) is 3.33. The molecule has 1 fully saturated rings. The van der Waals surface area contributed by atoms with Gasteiger partial charge in [-0.2, -0.15) is 0 Å². The second-order valence-electron chi connectivity index (χ2n) is 4.69. The summed E-state index contributed by atoms with van der Waals surface area (Å²) in [6.45, 7) is 1.97. The lowest BCUT2D eigenvalue weighted by Gasteiger charge is -2.27. The van der Waals surface area contributed by atoms with Gasteiger partial charge in [-0.25, -0.2) is 4.98 Å². The lowest BCUT2D eigenvalue weighted by molar-refractivity contribution is 0.410. The second-order valence-corrected chi connectivity index (χ2v) is 4.69. The van der Waals surface area contributed by atoms with Crippen molar-refractivity contribution in [3.63, 3.8) is 0 Å². The fourth-order valence-electron chi connectivity index (χ4n) is 2.22. The van der Waals surface area contributed by atoms with Gasteiger partial charge in [-0.1, -0.05) is 6.92 Å². The van der Waals surface area contributed by atoms with Gasteiger partial charge in [-0.15, -0.1) is 0 Å². The van der Waals surface area contributed by atoms with Gasteiger partial charge in [-0.05, 0) is 25.7 Å². The van der Waals surface area contributed by atoms with E-state index >= 15 is 0 Å². The van der Waals surface area contributed by atoms with E-state index in [2.05, 4.69) is 15.3 Å². The van der Waals surface area contributed by atoms with Gasteiger partial charge in [-0.3, -0.25) is 4.79 Å². The number of hydrogen-bond acceptors (Lipinski definition) is 4. The summed E-state index contributed by atoms with van der Waals surface area (Å²) in [6, 6.07) is 2.26. The molecule has 1 aromatic rings. The normalized spacial score (nSPS) is 24.6. The van der Waals surface area contributed by atoms with Crippen molar-refractivity contribution >= 4 is 5.82 Å². The molecule has 0 amide bonds. The highest BCUT2D eigenvalue weighted by molar-refractivity contribution is 5.34. The molecular weight excluding hydrogens is 216 g/mol. The Morgan fingerprint density at radius 3 is 2.82 bits per heavy atom. The topological polar surface area (TPSA) is 83.8 Å². The highest BCUT2D eigenvalue weighted by atomic mass is 16.1. The molecule has 1 aliphatic rings. The van der Waals surface area contributed by atoms with E-state index in [0.29, 0.717) is 17.9 Å². The molecule has 1 aliphatic carbocycles. The number of aryl methyl sites for hydroxylation is 1. The van der Waals surface area contributed by atoms with E-state index in [9.17, 15) is 4.79 Å². The Morgan fingerprint density at radius 1 is 1.47 bits per heavy atom. The quantitative estimate of drug-likeness (QED) is 0.731. The van der Waals surface area contributed by atoms with Crippen LogP contribution in [0.2, 0.25) is 0 Å². The van der Waals surface area contributed by atoms with Crippen molar-refractivity contribution in [1.82, 2.24) is 9.97 Å². The van der Waals surface area contributed by atoms with Crippen molar-refractivity contribution < 1.29 is 0 Å². The summed E-state index contributed by atoms with van der Waals surface area (Å²) >= 11 is 0. The highest BCUT2D eigenvalue weighted by Crippen LogP contribution is 2.19. The summed E-state index contributed by atoms with van der Waals surface area (Å²) < 4.78 is 0. The van der Waals surface area contributed by atoms with Crippen molar-refractivity contribution in [2.24, 2.45) is 5.73 Å². The molecular formula is C12H20N4O. The first kappa shape index (κ1) is 12.1. The first-order chi connectivity index (χ1) is 8.17. The molecule has 5 nitrogen and oxygen atoms in total. The number of aromatic nitrogens is 2. The third-order valence-corrected chi connectivity index (χ3v) is 3.25. The zero-order chi connectivity index (χ0) is 12.3. The van der Waals surface area contributed by atoms with Crippen LogP contribution in [-0.2, 0) is 6.42 Å². The summed E-state index contributed by atoms with van der Waals surface area (Å²) in [4.78, 5) is 18.5. The number of aromatic amines is 1. The Labute approximate surface area is 101 Å². The fourth-order valence-corrected chi connectivity index (χ4v) is 2.22. The van der Waals surface area contributed by atoms with Crippen LogP contribution in [0.1, 0.15) is 38.4 Å². The fraction of sp³-hybridized carbons (Fsp3) is 0.667. The molecule has 0 atom stereocenters. The molecule has 94 valence electrons. The standard InChI is InChI=1S/C12H20N4O/c1-2-10-15-11(7-12(17)16-10)14-9-5-3-8(13)4-6-9/h7-9H,2-6,13H2,1H3,(H2,14,15,16,17). The lowest BCUT2D eigenvalue weighted by Crippen LogP contribution is -2.33. The minimum absolute atomic E-state index is 0.0909. The van der Waals surface area contributed by atoms with E-state index in [1.54, 1.807) is 0 Å². The molecule has 0 unspecified atom stereocenters. The van der Waals surface area contributed by atoms with E-state index in [0.717, 1.165) is 37.9 Å². The molecule has 0 bridgehead atoms. The van der Waals surface area contributed by atoms with Gasteiger partial charge in [0.2, 0.25) is 0 Å². The van der Waals surface area contributed by atoms with Gasteiger partial charge >= 0.3 is 0 Å². The van der Waals surface area contributed by atoms with Crippen LogP contribution >= 0.6 is 0 Å². The molecule has 0 aliphatic heterocycles. The Morgan fingerprint density at radius 2 is 2.18 bits per heavy atom. The Hall–Kier alpha value is -1.36. The van der Waals surface area contributed by atoms with Gasteiger partial charge in [0, 0.05) is 24.6 Å². The van der Waals surface area contributed by atoms with E-state index in [1.807, 2.05) is 6.92 Å². The third-order valence-electron chi connectivity index (χ3n) is 3.25. The van der Waals surface area contributed by atoms with Crippen molar-refractivity contribution in [2.75, 3.05) is 5.32 Å². The van der Waals surface area contributed by atoms with Crippen molar-refractivity contribution in [3.05, 3.63) is 22.2 Å². The number of H-pyrrole nitrogens is 1. The zero-order valence-corrected chi connectivity index (χ0v) is 10.2. The average Bonchev–Trinajstić information content (AvgIpc) is 2.31. The van der Waals surface area contributed by atoms with Crippen LogP contribution in [0.5, 0.6) is 0 Å². The largest absolute Gasteiger partial charge is 0.367 e. The van der Waals surface area contributed by atoms with Crippen molar-refractivity contribution in [1.29, 1.82) is 0 Å². The van der Waals surface area contributed by atoms with Gasteiger partial charge in [0.25, 0.3) is 5.56 Å². The van der Waals surface area contributed by atoms with Gasteiger partial charge in [0.1, 0.15) is 11.6 Å². The molecule has 0 spiro atoms. The van der Waals surface area contributed by atoms with E-state index in [-0.39, 0.29) is 5.56 Å². The van der Waals surface area contributed by atoms with Gasteiger partial charge < -0.3 is 16.0 Å². The molecule has 1 saturated carbocycles. The number of nitrogens with zero attached hydrogens (tertiary/aromatic N) is 1. The molecule has 5 heteroatoms. The van der Waals surface area contributed by atoms with E-state index in [4.69, 9.17) is 5.73 Å². The van der Waals surface area contributed by atoms with Crippen molar-refractivity contribution in [3.8, 4) is 0 Å². The summed E-state index contributed by atoms with van der Waals surface area (Å²) in [5.41, 5.74) is 5.77. The number of hydrogen-bond donors (Lipinski definition) is 3. The number of rotatable bonds is 3. The van der Waals surface area contributed by atoms with Crippen LogP contribution in [0.25, 0.3) is 0 Å². The summed E-state index contributed by atoms with van der Waals surface area (Å²) in [7, 11) is 0. The molecule has 4 N–H and O–H groups in total. The van der Waals surface area contributed by atoms with E-state index < -0.39 is 0 Å². The van der Waals surface area contributed by atoms with Crippen LogP contribution in [-0.4, -0.2) is 22.1 Å². The molecule has 2 rings (SSSR count). The minimum atomic E-state index is -0.0909. The smallest absolute Gasteiger partial charge is 0.252 e. The monoisotopic (exact) mass is 236 g/mol. The maximum Gasteiger partial charge on any atom is 0.252 e. The van der Waals surface area contributed by atoms with E-state index in [1.165, 1.54) is 6.07 Å². The van der Waals surface area contributed by atoms with Gasteiger partial charge in [0.15, 0.2) is 0 Å². The Bertz CT molecular complexity index is 421. The summed E-state index contributed by atoms with van der Waals surface area (Å²) in [5.74, 6) is 1.42. The molecule has 17 heavy (non-hydrogen) atoms. The zero-order valence-electron chi connectivity index (χ0n) is 10.2. The molecule has 0 radical (unpaired) electrons. The van der Waals surface area contributed by atoms with Crippen LogP contribution in [0.15, 0.2) is 10.9 Å². The lowest BCUT2D eigenvalue weighted by atomic mass is 9.92. The maximum atomic E-state index is 11.4. The van der Waals surface area contributed by atoms with Crippen LogP contribution in [0.4, 0.5) is 5.82 Å². The molecule has 0 saturated heterocycles. The predicted octanol–water partition coefficient (Wildman–Crippen LogP) is 1.01.